The summed E-state index contributed by atoms with van der Waals surface area (Å²) in [6, 6.07) is 0. The maximum atomic E-state index is 5.54. The molecule has 5 heteroatoms. The number of halogens is 1. The first-order chi connectivity index (χ1) is 7.10. The summed E-state index contributed by atoms with van der Waals surface area (Å²) in [6.07, 6.45) is 4.64. The molecule has 2 atom stereocenters. The Morgan fingerprint density at radius 2 is 2.20 bits per heavy atom. The van der Waals surface area contributed by atoms with Gasteiger partial charge in [0, 0.05) is 19.0 Å². The molecule has 0 radical (unpaired) electrons. The molecule has 1 aliphatic rings. The van der Waals surface area contributed by atoms with Gasteiger partial charge in [0.1, 0.15) is 0 Å². The predicted octanol–water partition coefficient (Wildman–Crippen LogP) is 2.22. The molecule has 1 fully saturated rings. The van der Waals surface area contributed by atoms with Gasteiger partial charge in [-0.2, -0.15) is 0 Å². The largest absolute Gasteiger partial charge is 0.376 e. The van der Waals surface area contributed by atoms with Gasteiger partial charge in [0.2, 0.25) is 5.95 Å². The summed E-state index contributed by atoms with van der Waals surface area (Å²) in [5.41, 5.74) is -0.0617. The Balaban J connectivity index is 2.11. The number of nitrogens with one attached hydrogen (secondary N) is 1. The van der Waals surface area contributed by atoms with Crippen LogP contribution in [-0.4, -0.2) is 28.2 Å². The van der Waals surface area contributed by atoms with E-state index in [1.165, 1.54) is 0 Å². The highest BCUT2D eigenvalue weighted by atomic mass is 79.9. The SMILES string of the molecule is C[C@H]1OCC[C@@]1(C)Nc1ncc(Br)cn1. The zero-order chi connectivity index (χ0) is 10.9. The van der Waals surface area contributed by atoms with Gasteiger partial charge >= 0.3 is 0 Å². The highest BCUT2D eigenvalue weighted by molar-refractivity contribution is 9.10. The van der Waals surface area contributed by atoms with E-state index in [4.69, 9.17) is 4.74 Å². The molecule has 0 spiro atoms. The van der Waals surface area contributed by atoms with Crippen molar-refractivity contribution in [3.8, 4) is 0 Å². The first-order valence-electron chi connectivity index (χ1n) is 4.97. The summed E-state index contributed by atoms with van der Waals surface area (Å²) in [7, 11) is 0. The van der Waals surface area contributed by atoms with Crippen LogP contribution in [0.5, 0.6) is 0 Å². The fraction of sp³-hybridized carbons (Fsp3) is 0.600. The molecular weight excluding hydrogens is 258 g/mol. The second kappa shape index (κ2) is 4.06. The molecule has 1 aliphatic heterocycles. The third-order valence-electron chi connectivity index (χ3n) is 2.90. The van der Waals surface area contributed by atoms with Crippen molar-refractivity contribution < 1.29 is 4.74 Å². The van der Waals surface area contributed by atoms with E-state index in [9.17, 15) is 0 Å². The number of rotatable bonds is 2. The molecule has 1 aromatic rings. The van der Waals surface area contributed by atoms with Crippen LogP contribution in [0.1, 0.15) is 20.3 Å². The van der Waals surface area contributed by atoms with Crippen molar-refractivity contribution in [2.24, 2.45) is 0 Å². The number of anilines is 1. The number of hydrogen-bond donors (Lipinski definition) is 1. The Kier molecular flexibility index (Phi) is 2.93. The Morgan fingerprint density at radius 3 is 2.73 bits per heavy atom. The minimum Gasteiger partial charge on any atom is -0.376 e. The van der Waals surface area contributed by atoms with E-state index < -0.39 is 0 Å². The highest BCUT2D eigenvalue weighted by Crippen LogP contribution is 2.28. The quantitative estimate of drug-likeness (QED) is 0.896. The molecule has 2 rings (SSSR count). The molecule has 82 valence electrons. The molecule has 1 saturated heterocycles. The van der Waals surface area contributed by atoms with E-state index in [-0.39, 0.29) is 11.6 Å². The van der Waals surface area contributed by atoms with Gasteiger partial charge in [-0.1, -0.05) is 0 Å². The van der Waals surface area contributed by atoms with Crippen molar-refractivity contribution in [1.82, 2.24) is 9.97 Å². The maximum Gasteiger partial charge on any atom is 0.223 e. The van der Waals surface area contributed by atoms with E-state index >= 15 is 0 Å². The lowest BCUT2D eigenvalue weighted by Gasteiger charge is -2.28. The first-order valence-corrected chi connectivity index (χ1v) is 5.77. The Labute approximate surface area is 97.6 Å². The van der Waals surface area contributed by atoms with Crippen molar-refractivity contribution in [2.75, 3.05) is 11.9 Å². The highest BCUT2D eigenvalue weighted by Gasteiger charge is 2.37. The van der Waals surface area contributed by atoms with Gasteiger partial charge in [0.15, 0.2) is 0 Å². The van der Waals surface area contributed by atoms with Crippen molar-refractivity contribution in [3.63, 3.8) is 0 Å². The van der Waals surface area contributed by atoms with Crippen LogP contribution in [0.4, 0.5) is 5.95 Å². The zero-order valence-electron chi connectivity index (χ0n) is 8.83. The Hall–Kier alpha value is -0.680. The molecule has 1 aromatic heterocycles. The van der Waals surface area contributed by atoms with E-state index in [1.807, 2.05) is 0 Å². The molecule has 0 amide bonds. The van der Waals surface area contributed by atoms with Crippen LogP contribution in [0.3, 0.4) is 0 Å². The van der Waals surface area contributed by atoms with Crippen molar-refractivity contribution in [1.29, 1.82) is 0 Å². The number of ether oxygens (including phenoxy) is 1. The number of nitrogens with zero attached hydrogens (tertiary/aromatic N) is 2. The summed E-state index contributed by atoms with van der Waals surface area (Å²) in [5.74, 6) is 0.651. The second-order valence-electron chi connectivity index (χ2n) is 4.03. The average molecular weight is 272 g/mol. The Bertz CT molecular complexity index is 343. The standard InChI is InChI=1S/C10H14BrN3O/c1-7-10(2,3-4-15-7)14-9-12-5-8(11)6-13-9/h5-7H,3-4H2,1-2H3,(H,12,13,14)/t7-,10-/m1/s1. The van der Waals surface area contributed by atoms with Gasteiger partial charge in [-0.3, -0.25) is 0 Å². The summed E-state index contributed by atoms with van der Waals surface area (Å²) in [4.78, 5) is 8.39. The van der Waals surface area contributed by atoms with Gasteiger partial charge in [-0.25, -0.2) is 9.97 Å². The lowest BCUT2D eigenvalue weighted by atomic mass is 9.95. The van der Waals surface area contributed by atoms with Gasteiger partial charge in [0.05, 0.1) is 16.1 Å². The second-order valence-corrected chi connectivity index (χ2v) is 4.95. The summed E-state index contributed by atoms with van der Waals surface area (Å²) >= 11 is 3.31. The van der Waals surface area contributed by atoms with Crippen LogP contribution in [-0.2, 0) is 4.74 Å². The van der Waals surface area contributed by atoms with Crippen LogP contribution in [0.2, 0.25) is 0 Å². The fourth-order valence-corrected chi connectivity index (χ4v) is 1.84. The average Bonchev–Trinajstić information content (AvgIpc) is 2.51. The normalized spacial score (nSPS) is 30.5. The van der Waals surface area contributed by atoms with Gasteiger partial charge in [-0.15, -0.1) is 0 Å². The fourth-order valence-electron chi connectivity index (χ4n) is 1.63. The summed E-state index contributed by atoms with van der Waals surface area (Å²) < 4.78 is 6.42. The zero-order valence-corrected chi connectivity index (χ0v) is 10.4. The van der Waals surface area contributed by atoms with Crippen LogP contribution < -0.4 is 5.32 Å². The lowest BCUT2D eigenvalue weighted by molar-refractivity contribution is 0.105. The van der Waals surface area contributed by atoms with Gasteiger partial charge in [0.25, 0.3) is 0 Å². The first kappa shape index (κ1) is 10.8. The molecule has 4 nitrogen and oxygen atoms in total. The van der Waals surface area contributed by atoms with E-state index in [0.717, 1.165) is 17.5 Å². The maximum absolute atomic E-state index is 5.54. The molecule has 0 aliphatic carbocycles. The monoisotopic (exact) mass is 271 g/mol. The Morgan fingerprint density at radius 1 is 1.53 bits per heavy atom. The van der Waals surface area contributed by atoms with Gasteiger partial charge < -0.3 is 10.1 Å². The minimum absolute atomic E-state index is 0.0617. The topological polar surface area (TPSA) is 47.0 Å². The summed E-state index contributed by atoms with van der Waals surface area (Å²) in [5, 5.41) is 3.33. The van der Waals surface area contributed by atoms with E-state index in [2.05, 4.69) is 45.1 Å². The molecule has 0 aromatic carbocycles. The van der Waals surface area contributed by atoms with E-state index in [0.29, 0.717) is 5.95 Å². The third-order valence-corrected chi connectivity index (χ3v) is 3.31. The summed E-state index contributed by atoms with van der Waals surface area (Å²) in [6.45, 7) is 5.00. The van der Waals surface area contributed by atoms with Crippen molar-refractivity contribution in [3.05, 3.63) is 16.9 Å². The smallest absolute Gasteiger partial charge is 0.223 e. The molecule has 2 heterocycles. The molecular formula is C10H14BrN3O. The molecule has 0 bridgehead atoms. The predicted molar refractivity (Wildman–Crippen MR) is 61.8 cm³/mol. The van der Waals surface area contributed by atoms with Crippen LogP contribution in [0.25, 0.3) is 0 Å². The molecule has 0 unspecified atom stereocenters. The van der Waals surface area contributed by atoms with Crippen LogP contribution in [0.15, 0.2) is 16.9 Å². The van der Waals surface area contributed by atoms with Crippen molar-refractivity contribution in [2.45, 2.75) is 31.9 Å². The van der Waals surface area contributed by atoms with E-state index in [1.54, 1.807) is 12.4 Å². The van der Waals surface area contributed by atoms with Gasteiger partial charge in [-0.05, 0) is 36.2 Å². The molecule has 0 saturated carbocycles. The molecule has 1 N–H and O–H groups in total. The third kappa shape index (κ3) is 2.29. The van der Waals surface area contributed by atoms with Crippen molar-refractivity contribution >= 4 is 21.9 Å². The lowest BCUT2D eigenvalue weighted by Crippen LogP contribution is -2.41. The minimum atomic E-state index is -0.0617. The molecule has 15 heavy (non-hydrogen) atoms. The van der Waals surface area contributed by atoms with Crippen LogP contribution in [0, 0.1) is 0 Å². The number of aromatic nitrogens is 2. The van der Waals surface area contributed by atoms with Crippen LogP contribution >= 0.6 is 15.9 Å². The number of hydrogen-bond acceptors (Lipinski definition) is 4.